The Morgan fingerprint density at radius 3 is 2.65 bits per heavy atom. The summed E-state index contributed by atoms with van der Waals surface area (Å²) in [6.07, 6.45) is 1.69. The van der Waals surface area contributed by atoms with Crippen LogP contribution in [0, 0.1) is 5.92 Å². The lowest BCUT2D eigenvalue weighted by molar-refractivity contribution is -0.123. The van der Waals surface area contributed by atoms with E-state index in [0.717, 1.165) is 36.3 Å². The number of ether oxygens (including phenoxy) is 2. The van der Waals surface area contributed by atoms with Crippen molar-refractivity contribution in [2.75, 3.05) is 44.5 Å². The second-order valence-corrected chi connectivity index (χ2v) is 8.94. The van der Waals surface area contributed by atoms with Gasteiger partial charge in [-0.05, 0) is 49.7 Å². The van der Waals surface area contributed by atoms with Crippen molar-refractivity contribution in [2.45, 2.75) is 12.8 Å². The summed E-state index contributed by atoms with van der Waals surface area (Å²) in [6.45, 7) is 1.57. The molecule has 178 valence electrons. The van der Waals surface area contributed by atoms with Gasteiger partial charge in [-0.25, -0.2) is 4.98 Å². The number of para-hydroxylation sites is 1. The number of aromatic nitrogens is 1. The maximum Gasteiger partial charge on any atom is 0.240 e. The predicted octanol–water partition coefficient (Wildman–Crippen LogP) is 4.12. The van der Waals surface area contributed by atoms with Crippen LogP contribution in [0.4, 0.5) is 10.8 Å². The molecule has 0 saturated carbocycles. The fourth-order valence-corrected chi connectivity index (χ4v) is 4.74. The van der Waals surface area contributed by atoms with E-state index in [0.29, 0.717) is 23.2 Å². The lowest BCUT2D eigenvalue weighted by Crippen LogP contribution is -2.43. The molecule has 0 aliphatic carbocycles. The number of benzene rings is 2. The minimum absolute atomic E-state index is 0.00390. The molecule has 4 rings (SSSR count). The number of thiazole rings is 1. The minimum Gasteiger partial charge on any atom is -0.493 e. The number of carbonyl (C=O) groups is 2. The fourth-order valence-electron chi connectivity index (χ4n) is 4.00. The molecule has 0 bridgehead atoms. The van der Waals surface area contributed by atoms with Crippen molar-refractivity contribution in [3.05, 3.63) is 53.9 Å². The molecule has 9 heteroatoms. The molecule has 2 aromatic carbocycles. The normalized spacial score (nSPS) is 16.0. The van der Waals surface area contributed by atoms with E-state index in [2.05, 4.69) is 15.6 Å². The number of hydrogen-bond acceptors (Lipinski definition) is 7. The highest BCUT2D eigenvalue weighted by Gasteiger charge is 2.27. The molecule has 0 spiro atoms. The van der Waals surface area contributed by atoms with Crippen molar-refractivity contribution >= 4 is 34.0 Å². The highest BCUT2D eigenvalue weighted by atomic mass is 32.1. The molecule has 2 N–H and O–H groups in total. The average molecular weight is 481 g/mol. The second-order valence-electron chi connectivity index (χ2n) is 8.09. The lowest BCUT2D eigenvalue weighted by atomic mass is 9.97. The van der Waals surface area contributed by atoms with E-state index in [9.17, 15) is 9.59 Å². The number of carbonyl (C=O) groups excluding carboxylic acids is 2. The van der Waals surface area contributed by atoms with E-state index in [1.165, 1.54) is 11.3 Å². The van der Waals surface area contributed by atoms with Gasteiger partial charge in [-0.2, -0.15) is 0 Å². The Bertz CT molecular complexity index is 1130. The van der Waals surface area contributed by atoms with Gasteiger partial charge in [-0.3, -0.25) is 14.5 Å². The van der Waals surface area contributed by atoms with Gasteiger partial charge < -0.3 is 20.1 Å². The summed E-state index contributed by atoms with van der Waals surface area (Å²) < 4.78 is 10.6. The molecule has 0 unspecified atom stereocenters. The van der Waals surface area contributed by atoms with Crippen LogP contribution in [0.2, 0.25) is 0 Å². The van der Waals surface area contributed by atoms with Crippen LogP contribution in [0.1, 0.15) is 12.8 Å². The summed E-state index contributed by atoms with van der Waals surface area (Å²) >= 11 is 1.37. The summed E-state index contributed by atoms with van der Waals surface area (Å²) in [6, 6.07) is 15.0. The van der Waals surface area contributed by atoms with Crippen LogP contribution in [-0.4, -0.2) is 55.6 Å². The van der Waals surface area contributed by atoms with Gasteiger partial charge in [0, 0.05) is 23.2 Å². The standard InChI is InChI=1S/C25H28N4O4S/c1-32-21-11-10-17(13-22(21)33-2)20-16-34-25(27-20)28-23(30)15-29-12-6-7-18(14-29)24(31)26-19-8-4-3-5-9-19/h3-5,8-11,13,16,18H,6-7,12,14-15H2,1-2H3,(H,26,31)(H,27,28,30)/t18-/m1/s1. The Kier molecular flexibility index (Phi) is 7.76. The van der Waals surface area contributed by atoms with Crippen LogP contribution in [0.25, 0.3) is 11.3 Å². The van der Waals surface area contributed by atoms with Gasteiger partial charge in [-0.1, -0.05) is 18.2 Å². The number of nitrogens with one attached hydrogen (secondary N) is 2. The van der Waals surface area contributed by atoms with Crippen LogP contribution in [-0.2, 0) is 9.59 Å². The monoisotopic (exact) mass is 480 g/mol. The smallest absolute Gasteiger partial charge is 0.240 e. The predicted molar refractivity (Wildman–Crippen MR) is 134 cm³/mol. The molecule has 2 amide bonds. The zero-order valence-corrected chi connectivity index (χ0v) is 20.1. The molecule has 1 atom stereocenters. The van der Waals surface area contributed by atoms with E-state index >= 15 is 0 Å². The van der Waals surface area contributed by atoms with Gasteiger partial charge in [0.25, 0.3) is 0 Å². The van der Waals surface area contributed by atoms with Crippen molar-refractivity contribution in [1.29, 1.82) is 0 Å². The molecular weight excluding hydrogens is 452 g/mol. The molecule has 3 aromatic rings. The molecule has 1 aliphatic heterocycles. The number of hydrogen-bond donors (Lipinski definition) is 2. The van der Waals surface area contributed by atoms with Gasteiger partial charge in [-0.15, -0.1) is 11.3 Å². The van der Waals surface area contributed by atoms with Crippen molar-refractivity contribution in [2.24, 2.45) is 5.92 Å². The minimum atomic E-state index is -0.141. The van der Waals surface area contributed by atoms with E-state index in [1.807, 2.05) is 58.8 Å². The highest BCUT2D eigenvalue weighted by molar-refractivity contribution is 7.14. The number of likely N-dealkylation sites (tertiary alicyclic amines) is 1. The Balaban J connectivity index is 1.31. The Morgan fingerprint density at radius 1 is 1.09 bits per heavy atom. The van der Waals surface area contributed by atoms with Crippen LogP contribution >= 0.6 is 11.3 Å². The summed E-state index contributed by atoms with van der Waals surface area (Å²) in [5, 5.41) is 8.28. The molecular formula is C25H28N4O4S. The van der Waals surface area contributed by atoms with Gasteiger partial charge in [0.05, 0.1) is 32.4 Å². The van der Waals surface area contributed by atoms with E-state index in [-0.39, 0.29) is 24.3 Å². The second kappa shape index (κ2) is 11.1. The number of piperidine rings is 1. The first-order chi connectivity index (χ1) is 16.6. The topological polar surface area (TPSA) is 92.8 Å². The summed E-state index contributed by atoms with van der Waals surface area (Å²) in [5.74, 6) is 0.980. The molecule has 0 radical (unpaired) electrons. The Hall–Kier alpha value is -3.43. The first-order valence-electron chi connectivity index (χ1n) is 11.1. The molecule has 8 nitrogen and oxygen atoms in total. The third kappa shape index (κ3) is 5.92. The Labute approximate surface area is 202 Å². The summed E-state index contributed by atoms with van der Waals surface area (Å²) in [5.41, 5.74) is 2.41. The van der Waals surface area contributed by atoms with Crippen molar-refractivity contribution in [3.63, 3.8) is 0 Å². The van der Waals surface area contributed by atoms with Gasteiger partial charge in [0.15, 0.2) is 16.6 Å². The van der Waals surface area contributed by atoms with E-state index in [4.69, 9.17) is 9.47 Å². The Morgan fingerprint density at radius 2 is 1.88 bits per heavy atom. The van der Waals surface area contributed by atoms with E-state index < -0.39 is 0 Å². The molecule has 1 fully saturated rings. The van der Waals surface area contributed by atoms with Crippen molar-refractivity contribution in [1.82, 2.24) is 9.88 Å². The summed E-state index contributed by atoms with van der Waals surface area (Å²) in [4.78, 5) is 31.9. The molecule has 1 aromatic heterocycles. The zero-order valence-electron chi connectivity index (χ0n) is 19.2. The van der Waals surface area contributed by atoms with E-state index in [1.54, 1.807) is 14.2 Å². The maximum atomic E-state index is 12.7. The number of methoxy groups -OCH3 is 2. The first-order valence-corrected chi connectivity index (χ1v) is 12.0. The van der Waals surface area contributed by atoms with Gasteiger partial charge >= 0.3 is 0 Å². The van der Waals surface area contributed by atoms with Crippen LogP contribution < -0.4 is 20.1 Å². The average Bonchev–Trinajstić information content (AvgIpc) is 3.32. The molecule has 34 heavy (non-hydrogen) atoms. The van der Waals surface area contributed by atoms with Crippen molar-refractivity contribution in [3.8, 4) is 22.8 Å². The zero-order chi connectivity index (χ0) is 23.9. The maximum absolute atomic E-state index is 12.7. The van der Waals surface area contributed by atoms with Crippen LogP contribution in [0.5, 0.6) is 11.5 Å². The fraction of sp³-hybridized carbons (Fsp3) is 0.320. The number of anilines is 2. The quantitative estimate of drug-likeness (QED) is 0.504. The number of amides is 2. The van der Waals surface area contributed by atoms with Crippen LogP contribution in [0.3, 0.4) is 0 Å². The molecule has 2 heterocycles. The van der Waals surface area contributed by atoms with Crippen LogP contribution in [0.15, 0.2) is 53.9 Å². The van der Waals surface area contributed by atoms with Crippen molar-refractivity contribution < 1.29 is 19.1 Å². The van der Waals surface area contributed by atoms with Gasteiger partial charge in [0.1, 0.15) is 0 Å². The molecule has 1 aliphatic rings. The third-order valence-corrected chi connectivity index (χ3v) is 6.47. The SMILES string of the molecule is COc1ccc(-c2csc(NC(=O)CN3CCC[C@@H](C(=O)Nc4ccccc4)C3)n2)cc1OC. The third-order valence-electron chi connectivity index (χ3n) is 5.71. The number of nitrogens with zero attached hydrogens (tertiary/aromatic N) is 2. The van der Waals surface area contributed by atoms with Gasteiger partial charge in [0.2, 0.25) is 11.8 Å². The molecule has 1 saturated heterocycles. The summed E-state index contributed by atoms with van der Waals surface area (Å²) in [7, 11) is 3.18. The largest absolute Gasteiger partial charge is 0.493 e. The number of rotatable bonds is 8. The highest BCUT2D eigenvalue weighted by Crippen LogP contribution is 2.33. The lowest BCUT2D eigenvalue weighted by Gasteiger charge is -2.31. The first kappa shape index (κ1) is 23.7.